The summed E-state index contributed by atoms with van der Waals surface area (Å²) in [5.41, 5.74) is 0. The highest BCUT2D eigenvalue weighted by molar-refractivity contribution is 4.71. The van der Waals surface area contributed by atoms with Crippen molar-refractivity contribution in [3.8, 4) is 0 Å². The van der Waals surface area contributed by atoms with E-state index < -0.39 is 0 Å². The normalized spacial score (nSPS) is 16.5. The Labute approximate surface area is 87.2 Å². The van der Waals surface area contributed by atoms with Crippen LogP contribution < -0.4 is 5.32 Å². The summed E-state index contributed by atoms with van der Waals surface area (Å²) in [4.78, 5) is 0. The molecule has 0 atom stereocenters. The largest absolute Gasteiger partial charge is 0.380 e. The third kappa shape index (κ3) is 7.30. The van der Waals surface area contributed by atoms with Crippen LogP contribution in [0.2, 0.25) is 0 Å². The van der Waals surface area contributed by atoms with Crippen molar-refractivity contribution in [1.82, 2.24) is 5.32 Å². The zero-order valence-corrected chi connectivity index (χ0v) is 9.42. The number of ether oxygens (including phenoxy) is 2. The molecule has 1 fully saturated rings. The SMILES string of the molecule is CC(C)OCCNCCOCC1CC1. The first-order valence-electron chi connectivity index (χ1n) is 5.69. The smallest absolute Gasteiger partial charge is 0.0594 e. The van der Waals surface area contributed by atoms with E-state index in [9.17, 15) is 0 Å². The van der Waals surface area contributed by atoms with Gasteiger partial charge in [-0.05, 0) is 32.6 Å². The zero-order valence-electron chi connectivity index (χ0n) is 9.42. The minimum absolute atomic E-state index is 0.336. The van der Waals surface area contributed by atoms with Gasteiger partial charge in [-0.2, -0.15) is 0 Å². The van der Waals surface area contributed by atoms with Gasteiger partial charge in [0.15, 0.2) is 0 Å². The molecule has 0 bridgehead atoms. The standard InChI is InChI=1S/C11H23NO2/c1-10(2)14-8-6-12-5-7-13-9-11-3-4-11/h10-12H,3-9H2,1-2H3. The molecule has 0 heterocycles. The molecular weight excluding hydrogens is 178 g/mol. The summed E-state index contributed by atoms with van der Waals surface area (Å²) < 4.78 is 10.9. The molecule has 1 rings (SSSR count). The van der Waals surface area contributed by atoms with Crippen LogP contribution in [0.1, 0.15) is 26.7 Å². The quantitative estimate of drug-likeness (QED) is 0.572. The lowest BCUT2D eigenvalue weighted by atomic mass is 10.5. The molecule has 84 valence electrons. The third-order valence-electron chi connectivity index (χ3n) is 2.20. The van der Waals surface area contributed by atoms with Gasteiger partial charge in [-0.1, -0.05) is 0 Å². The second-order valence-electron chi connectivity index (χ2n) is 4.19. The van der Waals surface area contributed by atoms with Gasteiger partial charge in [0.1, 0.15) is 0 Å². The van der Waals surface area contributed by atoms with Crippen molar-refractivity contribution >= 4 is 0 Å². The molecule has 1 N–H and O–H groups in total. The Bertz CT molecular complexity index is 127. The molecule has 0 aromatic heterocycles. The first-order chi connectivity index (χ1) is 6.79. The number of hydrogen-bond donors (Lipinski definition) is 1. The minimum Gasteiger partial charge on any atom is -0.380 e. The fraction of sp³-hybridized carbons (Fsp3) is 1.00. The summed E-state index contributed by atoms with van der Waals surface area (Å²) in [6.45, 7) is 8.55. The van der Waals surface area contributed by atoms with E-state index in [0.29, 0.717) is 6.10 Å². The van der Waals surface area contributed by atoms with Gasteiger partial charge < -0.3 is 14.8 Å². The Morgan fingerprint density at radius 1 is 1.21 bits per heavy atom. The summed E-state index contributed by atoms with van der Waals surface area (Å²) in [6.07, 6.45) is 3.08. The van der Waals surface area contributed by atoms with Crippen LogP contribution >= 0.6 is 0 Å². The molecule has 0 unspecified atom stereocenters. The molecular formula is C11H23NO2. The van der Waals surface area contributed by atoms with Gasteiger partial charge in [0.05, 0.1) is 19.3 Å². The van der Waals surface area contributed by atoms with Crippen LogP contribution in [0, 0.1) is 5.92 Å². The minimum atomic E-state index is 0.336. The molecule has 0 aromatic carbocycles. The number of hydrogen-bond acceptors (Lipinski definition) is 3. The zero-order chi connectivity index (χ0) is 10.2. The van der Waals surface area contributed by atoms with E-state index in [1.807, 2.05) is 0 Å². The predicted octanol–water partition coefficient (Wildman–Crippen LogP) is 1.43. The van der Waals surface area contributed by atoms with Crippen molar-refractivity contribution in [2.24, 2.45) is 5.92 Å². The average molecular weight is 201 g/mol. The number of rotatable bonds is 9. The van der Waals surface area contributed by atoms with Gasteiger partial charge in [0.2, 0.25) is 0 Å². The van der Waals surface area contributed by atoms with Gasteiger partial charge in [-0.25, -0.2) is 0 Å². The average Bonchev–Trinajstić information content (AvgIpc) is 2.92. The maximum Gasteiger partial charge on any atom is 0.0594 e. The Balaban J connectivity index is 1.66. The van der Waals surface area contributed by atoms with Crippen LogP contribution in [0.3, 0.4) is 0 Å². The molecule has 3 nitrogen and oxygen atoms in total. The highest BCUT2D eigenvalue weighted by Gasteiger charge is 2.20. The Morgan fingerprint density at radius 3 is 2.57 bits per heavy atom. The van der Waals surface area contributed by atoms with Crippen LogP contribution in [-0.2, 0) is 9.47 Å². The summed E-state index contributed by atoms with van der Waals surface area (Å²) in [7, 11) is 0. The lowest BCUT2D eigenvalue weighted by Crippen LogP contribution is -2.25. The maximum absolute atomic E-state index is 5.48. The van der Waals surface area contributed by atoms with Crippen LogP contribution in [0.15, 0.2) is 0 Å². The molecule has 0 radical (unpaired) electrons. The maximum atomic E-state index is 5.48. The van der Waals surface area contributed by atoms with Crippen molar-refractivity contribution in [2.45, 2.75) is 32.8 Å². The fourth-order valence-corrected chi connectivity index (χ4v) is 1.17. The van der Waals surface area contributed by atoms with E-state index in [2.05, 4.69) is 19.2 Å². The van der Waals surface area contributed by atoms with Crippen molar-refractivity contribution in [1.29, 1.82) is 0 Å². The highest BCUT2D eigenvalue weighted by atomic mass is 16.5. The van der Waals surface area contributed by atoms with Crippen molar-refractivity contribution in [2.75, 3.05) is 32.9 Å². The lowest BCUT2D eigenvalue weighted by molar-refractivity contribution is 0.0778. The van der Waals surface area contributed by atoms with E-state index in [1.54, 1.807) is 0 Å². The second kappa shape index (κ2) is 7.21. The summed E-state index contributed by atoms with van der Waals surface area (Å²) >= 11 is 0. The molecule has 0 amide bonds. The third-order valence-corrected chi connectivity index (χ3v) is 2.20. The highest BCUT2D eigenvalue weighted by Crippen LogP contribution is 2.28. The molecule has 1 aliphatic rings. The van der Waals surface area contributed by atoms with E-state index in [4.69, 9.17) is 9.47 Å². The van der Waals surface area contributed by atoms with Gasteiger partial charge in [-0.15, -0.1) is 0 Å². The van der Waals surface area contributed by atoms with Crippen LogP contribution in [0.25, 0.3) is 0 Å². The molecule has 14 heavy (non-hydrogen) atoms. The van der Waals surface area contributed by atoms with E-state index in [1.165, 1.54) is 12.8 Å². The predicted molar refractivity (Wildman–Crippen MR) is 57.5 cm³/mol. The number of nitrogens with one attached hydrogen (secondary N) is 1. The molecule has 0 spiro atoms. The Hall–Kier alpha value is -0.120. The Kier molecular flexibility index (Phi) is 6.15. The van der Waals surface area contributed by atoms with Crippen LogP contribution in [0.5, 0.6) is 0 Å². The molecule has 0 aromatic rings. The lowest BCUT2D eigenvalue weighted by Gasteiger charge is -2.08. The van der Waals surface area contributed by atoms with E-state index in [0.717, 1.165) is 38.8 Å². The molecule has 3 heteroatoms. The molecule has 0 aliphatic heterocycles. The monoisotopic (exact) mass is 201 g/mol. The van der Waals surface area contributed by atoms with Crippen LogP contribution in [0.4, 0.5) is 0 Å². The molecule has 1 saturated carbocycles. The van der Waals surface area contributed by atoms with Crippen molar-refractivity contribution in [3.05, 3.63) is 0 Å². The first-order valence-corrected chi connectivity index (χ1v) is 5.69. The summed E-state index contributed by atoms with van der Waals surface area (Å²) in [5, 5.41) is 3.28. The second-order valence-corrected chi connectivity index (χ2v) is 4.19. The van der Waals surface area contributed by atoms with Crippen molar-refractivity contribution in [3.63, 3.8) is 0 Å². The van der Waals surface area contributed by atoms with E-state index in [-0.39, 0.29) is 0 Å². The topological polar surface area (TPSA) is 30.5 Å². The van der Waals surface area contributed by atoms with Gasteiger partial charge in [0.25, 0.3) is 0 Å². The van der Waals surface area contributed by atoms with Crippen LogP contribution in [-0.4, -0.2) is 39.0 Å². The fourth-order valence-electron chi connectivity index (χ4n) is 1.17. The van der Waals surface area contributed by atoms with Gasteiger partial charge in [-0.3, -0.25) is 0 Å². The van der Waals surface area contributed by atoms with E-state index >= 15 is 0 Å². The van der Waals surface area contributed by atoms with Crippen molar-refractivity contribution < 1.29 is 9.47 Å². The molecule has 0 saturated heterocycles. The first kappa shape index (κ1) is 12.0. The van der Waals surface area contributed by atoms with Gasteiger partial charge in [0, 0.05) is 19.7 Å². The van der Waals surface area contributed by atoms with Gasteiger partial charge >= 0.3 is 0 Å². The molecule has 1 aliphatic carbocycles. The summed E-state index contributed by atoms with van der Waals surface area (Å²) in [5.74, 6) is 0.874. The Morgan fingerprint density at radius 2 is 1.93 bits per heavy atom. The summed E-state index contributed by atoms with van der Waals surface area (Å²) in [6, 6.07) is 0.